The molecule has 1 aliphatic rings. The van der Waals surface area contributed by atoms with E-state index in [0.717, 1.165) is 19.5 Å². The van der Waals surface area contributed by atoms with Crippen LogP contribution in [0.3, 0.4) is 0 Å². The second kappa shape index (κ2) is 5.41. The van der Waals surface area contributed by atoms with E-state index in [9.17, 15) is 0 Å². The molecule has 0 radical (unpaired) electrons. The minimum absolute atomic E-state index is 1.09. The van der Waals surface area contributed by atoms with Crippen LogP contribution < -0.4 is 0 Å². The Hall–Kier alpha value is -1.61. The van der Waals surface area contributed by atoms with Gasteiger partial charge in [0.2, 0.25) is 0 Å². The summed E-state index contributed by atoms with van der Waals surface area (Å²) in [6.07, 6.45) is 2.29. The summed E-state index contributed by atoms with van der Waals surface area (Å²) in [5.41, 5.74) is 6.93. The van der Waals surface area contributed by atoms with Crippen LogP contribution in [0.5, 0.6) is 0 Å². The molecule has 0 amide bonds. The molecular weight excluding hydrogens is 246 g/mol. The maximum Gasteiger partial charge on any atom is 0.0628 e. The number of aryl methyl sites for hydroxylation is 2. The molecule has 2 aromatic rings. The van der Waals surface area contributed by atoms with Gasteiger partial charge in [0.1, 0.15) is 0 Å². The van der Waals surface area contributed by atoms with E-state index in [1.807, 2.05) is 11.7 Å². The Balaban J connectivity index is 1.66. The summed E-state index contributed by atoms with van der Waals surface area (Å²) in [6.45, 7) is 7.68. The van der Waals surface area contributed by atoms with Crippen LogP contribution in [0.4, 0.5) is 0 Å². The summed E-state index contributed by atoms with van der Waals surface area (Å²) in [6, 6.07) is 8.83. The molecule has 1 aromatic heterocycles. The lowest BCUT2D eigenvalue weighted by atomic mass is 9.99. The van der Waals surface area contributed by atoms with Crippen LogP contribution in [0.15, 0.2) is 24.3 Å². The Morgan fingerprint density at radius 1 is 1.15 bits per heavy atom. The largest absolute Gasteiger partial charge is 0.298 e. The highest BCUT2D eigenvalue weighted by Gasteiger charge is 2.17. The molecule has 0 spiro atoms. The van der Waals surface area contributed by atoms with Gasteiger partial charge in [0.15, 0.2) is 0 Å². The first kappa shape index (κ1) is 13.4. The Morgan fingerprint density at radius 3 is 2.60 bits per heavy atom. The van der Waals surface area contributed by atoms with E-state index < -0.39 is 0 Å². The first-order chi connectivity index (χ1) is 9.65. The van der Waals surface area contributed by atoms with Gasteiger partial charge < -0.3 is 0 Å². The highest BCUT2D eigenvalue weighted by Crippen LogP contribution is 2.19. The Kier molecular flexibility index (Phi) is 3.62. The lowest BCUT2D eigenvalue weighted by Crippen LogP contribution is -2.32. The van der Waals surface area contributed by atoms with Crippen molar-refractivity contribution in [3.63, 3.8) is 0 Å². The van der Waals surface area contributed by atoms with Crippen molar-refractivity contribution in [2.75, 3.05) is 13.1 Å². The first-order valence-electron chi connectivity index (χ1n) is 7.43. The predicted octanol–water partition coefficient (Wildman–Crippen LogP) is 2.64. The van der Waals surface area contributed by atoms with Crippen molar-refractivity contribution >= 4 is 0 Å². The van der Waals surface area contributed by atoms with Crippen molar-refractivity contribution in [3.8, 4) is 0 Å². The van der Waals surface area contributed by atoms with Gasteiger partial charge in [-0.2, -0.15) is 5.10 Å². The average Bonchev–Trinajstić information content (AvgIpc) is 2.70. The minimum Gasteiger partial charge on any atom is -0.298 e. The topological polar surface area (TPSA) is 21.1 Å². The number of hydrogen-bond acceptors (Lipinski definition) is 2. The molecule has 1 aromatic carbocycles. The summed E-state index contributed by atoms with van der Waals surface area (Å²) < 4.78 is 2.00. The van der Waals surface area contributed by atoms with Crippen molar-refractivity contribution in [1.82, 2.24) is 14.7 Å². The zero-order valence-corrected chi connectivity index (χ0v) is 12.7. The molecule has 1 aliphatic heterocycles. The van der Waals surface area contributed by atoms with Crippen molar-refractivity contribution in [3.05, 3.63) is 52.3 Å². The molecule has 20 heavy (non-hydrogen) atoms. The monoisotopic (exact) mass is 269 g/mol. The van der Waals surface area contributed by atoms with Gasteiger partial charge in [-0.1, -0.05) is 24.3 Å². The Labute approximate surface area is 121 Å². The van der Waals surface area contributed by atoms with Crippen LogP contribution in [0.25, 0.3) is 0 Å². The van der Waals surface area contributed by atoms with Crippen LogP contribution in [0.2, 0.25) is 0 Å². The van der Waals surface area contributed by atoms with Gasteiger partial charge >= 0.3 is 0 Å². The van der Waals surface area contributed by atoms with Gasteiger partial charge in [0.25, 0.3) is 0 Å². The van der Waals surface area contributed by atoms with Gasteiger partial charge in [-0.25, -0.2) is 0 Å². The molecule has 3 heteroatoms. The van der Waals surface area contributed by atoms with Crippen molar-refractivity contribution in [2.45, 2.75) is 33.2 Å². The second-order valence-corrected chi connectivity index (χ2v) is 5.82. The zero-order chi connectivity index (χ0) is 14.1. The van der Waals surface area contributed by atoms with Gasteiger partial charge in [-0.3, -0.25) is 9.58 Å². The summed E-state index contributed by atoms with van der Waals surface area (Å²) in [7, 11) is 2.03. The highest BCUT2D eigenvalue weighted by atomic mass is 15.3. The molecule has 0 aliphatic carbocycles. The fourth-order valence-corrected chi connectivity index (χ4v) is 3.19. The number of rotatable bonds is 3. The van der Waals surface area contributed by atoms with Crippen molar-refractivity contribution in [1.29, 1.82) is 0 Å². The van der Waals surface area contributed by atoms with Crippen LogP contribution >= 0.6 is 0 Å². The molecular formula is C17H23N3. The van der Waals surface area contributed by atoms with Crippen LogP contribution in [0.1, 0.15) is 28.1 Å². The molecule has 0 atom stereocenters. The van der Waals surface area contributed by atoms with E-state index in [0.29, 0.717) is 0 Å². The summed E-state index contributed by atoms with van der Waals surface area (Å²) in [5, 5.41) is 4.51. The smallest absolute Gasteiger partial charge is 0.0628 e. The van der Waals surface area contributed by atoms with Crippen LogP contribution in [-0.4, -0.2) is 27.8 Å². The minimum atomic E-state index is 1.09. The van der Waals surface area contributed by atoms with Crippen molar-refractivity contribution < 1.29 is 0 Å². The molecule has 3 nitrogen and oxygen atoms in total. The number of aromatic nitrogens is 2. The molecule has 0 saturated carbocycles. The van der Waals surface area contributed by atoms with Gasteiger partial charge in [0, 0.05) is 32.4 Å². The second-order valence-electron chi connectivity index (χ2n) is 5.82. The average molecular weight is 269 g/mol. The number of fused-ring (bicyclic) bond motifs is 1. The van der Waals surface area contributed by atoms with Gasteiger partial charge in [0.05, 0.1) is 5.69 Å². The normalized spacial score (nSPS) is 15.3. The van der Waals surface area contributed by atoms with Crippen molar-refractivity contribution in [2.24, 2.45) is 7.05 Å². The molecule has 0 N–H and O–H groups in total. The lowest BCUT2D eigenvalue weighted by molar-refractivity contribution is 0.257. The summed E-state index contributed by atoms with van der Waals surface area (Å²) in [4.78, 5) is 2.56. The summed E-state index contributed by atoms with van der Waals surface area (Å²) >= 11 is 0. The predicted molar refractivity (Wildman–Crippen MR) is 81.8 cm³/mol. The number of nitrogens with zero attached hydrogens (tertiary/aromatic N) is 3. The molecule has 106 valence electrons. The van der Waals surface area contributed by atoms with E-state index >= 15 is 0 Å². The Morgan fingerprint density at radius 2 is 1.90 bits per heavy atom. The number of benzene rings is 1. The fourth-order valence-electron chi connectivity index (χ4n) is 3.19. The SMILES string of the molecule is Cc1nn(C)c(C)c1CCN1CCc2ccccc2C1. The third-order valence-corrected chi connectivity index (χ3v) is 4.55. The van der Waals surface area contributed by atoms with E-state index in [1.165, 1.54) is 41.0 Å². The Bertz CT molecular complexity index is 613. The van der Waals surface area contributed by atoms with Crippen LogP contribution in [0, 0.1) is 13.8 Å². The first-order valence-corrected chi connectivity index (χ1v) is 7.43. The van der Waals surface area contributed by atoms with Gasteiger partial charge in [-0.05, 0) is 43.4 Å². The van der Waals surface area contributed by atoms with E-state index in [-0.39, 0.29) is 0 Å². The van der Waals surface area contributed by atoms with Gasteiger partial charge in [-0.15, -0.1) is 0 Å². The molecule has 2 heterocycles. The molecule has 0 saturated heterocycles. The maximum atomic E-state index is 4.51. The van der Waals surface area contributed by atoms with E-state index in [1.54, 1.807) is 0 Å². The van der Waals surface area contributed by atoms with E-state index in [4.69, 9.17) is 0 Å². The summed E-state index contributed by atoms with van der Waals surface area (Å²) in [5.74, 6) is 0. The lowest BCUT2D eigenvalue weighted by Gasteiger charge is -2.28. The van der Waals surface area contributed by atoms with Crippen LogP contribution in [-0.2, 0) is 26.4 Å². The third-order valence-electron chi connectivity index (χ3n) is 4.55. The van der Waals surface area contributed by atoms with E-state index in [2.05, 4.69) is 48.1 Å². The maximum absolute atomic E-state index is 4.51. The molecule has 3 rings (SSSR count). The quantitative estimate of drug-likeness (QED) is 0.854. The molecule has 0 unspecified atom stereocenters. The fraction of sp³-hybridized carbons (Fsp3) is 0.471. The highest BCUT2D eigenvalue weighted by molar-refractivity contribution is 5.29. The number of hydrogen-bond donors (Lipinski definition) is 0. The molecule has 0 bridgehead atoms. The zero-order valence-electron chi connectivity index (χ0n) is 12.7. The third kappa shape index (κ3) is 2.50. The molecule has 0 fully saturated rings. The standard InChI is InChI=1S/C17H23N3/c1-13-17(14(2)19(3)18-13)9-11-20-10-8-15-6-4-5-7-16(15)12-20/h4-7H,8-12H2,1-3H3.